The molecule has 3 aromatic rings. The molecule has 166 valence electrons. The molecule has 0 saturated carbocycles. The summed E-state index contributed by atoms with van der Waals surface area (Å²) in [7, 11) is 0. The highest BCUT2D eigenvalue weighted by atomic mass is 16.5. The Labute approximate surface area is 188 Å². The summed E-state index contributed by atoms with van der Waals surface area (Å²) >= 11 is 0. The molecule has 2 N–H and O–H groups in total. The smallest absolute Gasteiger partial charge is 0.262 e. The molecule has 0 fully saturated rings. The van der Waals surface area contributed by atoms with Crippen molar-refractivity contribution in [2.45, 2.75) is 27.7 Å². The van der Waals surface area contributed by atoms with Gasteiger partial charge >= 0.3 is 0 Å². The van der Waals surface area contributed by atoms with Gasteiger partial charge in [0.2, 0.25) is 0 Å². The van der Waals surface area contributed by atoms with E-state index in [4.69, 9.17) is 9.47 Å². The van der Waals surface area contributed by atoms with Gasteiger partial charge in [-0.15, -0.1) is 0 Å². The average molecular weight is 433 g/mol. The Morgan fingerprint density at radius 2 is 0.969 bits per heavy atom. The molecule has 0 aliphatic carbocycles. The van der Waals surface area contributed by atoms with E-state index in [2.05, 4.69) is 10.6 Å². The third-order valence-electron chi connectivity index (χ3n) is 5.15. The summed E-state index contributed by atoms with van der Waals surface area (Å²) in [6.45, 7) is 7.87. The number of rotatable bonds is 8. The van der Waals surface area contributed by atoms with Crippen molar-refractivity contribution in [1.82, 2.24) is 0 Å². The maximum Gasteiger partial charge on any atom is 0.262 e. The van der Waals surface area contributed by atoms with Crippen LogP contribution in [0.4, 0.5) is 11.4 Å². The quantitative estimate of drug-likeness (QED) is 0.528. The normalized spacial score (nSPS) is 10.4. The third-order valence-corrected chi connectivity index (χ3v) is 5.15. The molecular formula is C26H28N2O4. The Morgan fingerprint density at radius 3 is 1.31 bits per heavy atom. The first-order chi connectivity index (χ1) is 15.3. The summed E-state index contributed by atoms with van der Waals surface area (Å²) in [5.41, 5.74) is 5.79. The number of anilines is 2. The van der Waals surface area contributed by atoms with Crippen LogP contribution < -0.4 is 20.1 Å². The van der Waals surface area contributed by atoms with Crippen LogP contribution in [0.3, 0.4) is 0 Å². The zero-order valence-electron chi connectivity index (χ0n) is 18.8. The second kappa shape index (κ2) is 10.5. The maximum absolute atomic E-state index is 12.1. The fraction of sp³-hybridized carbons (Fsp3) is 0.231. The number of nitrogens with one attached hydrogen (secondary N) is 2. The largest absolute Gasteiger partial charge is 0.484 e. The van der Waals surface area contributed by atoms with Crippen molar-refractivity contribution in [3.63, 3.8) is 0 Å². The fourth-order valence-corrected chi connectivity index (χ4v) is 2.94. The molecule has 0 spiro atoms. The Kier molecular flexibility index (Phi) is 7.49. The molecule has 32 heavy (non-hydrogen) atoms. The van der Waals surface area contributed by atoms with Crippen molar-refractivity contribution in [2.24, 2.45) is 0 Å². The van der Waals surface area contributed by atoms with Gasteiger partial charge in [-0.05, 0) is 98.5 Å². The first-order valence-electron chi connectivity index (χ1n) is 10.4. The van der Waals surface area contributed by atoms with Gasteiger partial charge in [0.25, 0.3) is 11.8 Å². The average Bonchev–Trinajstić information content (AvgIpc) is 2.77. The van der Waals surface area contributed by atoms with E-state index in [0.29, 0.717) is 22.9 Å². The van der Waals surface area contributed by atoms with Crippen molar-refractivity contribution in [1.29, 1.82) is 0 Å². The van der Waals surface area contributed by atoms with E-state index >= 15 is 0 Å². The zero-order chi connectivity index (χ0) is 23.1. The summed E-state index contributed by atoms with van der Waals surface area (Å²) < 4.78 is 11.1. The molecular weight excluding hydrogens is 404 g/mol. The lowest BCUT2D eigenvalue weighted by Crippen LogP contribution is -2.21. The summed E-state index contributed by atoms with van der Waals surface area (Å²) in [5.74, 6) is 0.789. The number of carbonyl (C=O) groups excluding carboxylic acids is 2. The molecule has 3 rings (SSSR count). The first-order valence-corrected chi connectivity index (χ1v) is 10.4. The molecule has 0 aliphatic rings. The number of hydrogen-bond donors (Lipinski definition) is 2. The number of benzene rings is 3. The molecule has 6 nitrogen and oxygen atoms in total. The molecule has 6 heteroatoms. The minimum atomic E-state index is -0.262. The highest BCUT2D eigenvalue weighted by molar-refractivity contribution is 5.94. The summed E-state index contributed by atoms with van der Waals surface area (Å²) in [4.78, 5) is 24.3. The number of amides is 2. The standard InChI is InChI=1S/C26H28N2O4/c1-17-5-11-23(13-19(17)3)31-15-25(29)27-21-7-9-22(10-8-21)28-26(30)16-32-24-12-6-18(2)20(4)14-24/h5-14H,15-16H2,1-4H3,(H,27,29)(H,28,30). The van der Waals surface area contributed by atoms with E-state index in [-0.39, 0.29) is 25.0 Å². The van der Waals surface area contributed by atoms with Crippen LogP contribution in [0.25, 0.3) is 0 Å². The number of ether oxygens (including phenoxy) is 2. The number of aryl methyl sites for hydroxylation is 4. The van der Waals surface area contributed by atoms with Crippen LogP contribution in [0.5, 0.6) is 11.5 Å². The molecule has 0 unspecified atom stereocenters. The third kappa shape index (κ3) is 6.60. The molecule has 0 aromatic heterocycles. The van der Waals surface area contributed by atoms with Gasteiger partial charge in [0.15, 0.2) is 13.2 Å². The summed E-state index contributed by atoms with van der Waals surface area (Å²) in [6, 6.07) is 18.3. The van der Waals surface area contributed by atoms with Gasteiger partial charge in [0.05, 0.1) is 0 Å². The first kappa shape index (κ1) is 22.9. The van der Waals surface area contributed by atoms with E-state index in [0.717, 1.165) is 11.1 Å². The van der Waals surface area contributed by atoms with Crippen LogP contribution in [-0.4, -0.2) is 25.0 Å². The van der Waals surface area contributed by atoms with Crippen LogP contribution in [-0.2, 0) is 9.59 Å². The summed E-state index contributed by atoms with van der Waals surface area (Å²) in [6.07, 6.45) is 0. The molecule has 0 radical (unpaired) electrons. The Morgan fingerprint density at radius 1 is 0.594 bits per heavy atom. The van der Waals surface area contributed by atoms with Gasteiger partial charge in [-0.2, -0.15) is 0 Å². The summed E-state index contributed by atoms with van der Waals surface area (Å²) in [5, 5.41) is 5.55. The maximum atomic E-state index is 12.1. The monoisotopic (exact) mass is 432 g/mol. The SMILES string of the molecule is Cc1ccc(OCC(=O)Nc2ccc(NC(=O)COc3ccc(C)c(C)c3)cc2)cc1C. The van der Waals surface area contributed by atoms with Crippen molar-refractivity contribution in [2.75, 3.05) is 23.8 Å². The molecule has 0 aliphatic heterocycles. The van der Waals surface area contributed by atoms with E-state index < -0.39 is 0 Å². The van der Waals surface area contributed by atoms with E-state index in [1.807, 2.05) is 64.1 Å². The van der Waals surface area contributed by atoms with E-state index in [1.165, 1.54) is 11.1 Å². The van der Waals surface area contributed by atoms with Gasteiger partial charge in [-0.25, -0.2) is 0 Å². The Hall–Kier alpha value is -3.80. The van der Waals surface area contributed by atoms with Gasteiger partial charge in [-0.3, -0.25) is 9.59 Å². The van der Waals surface area contributed by atoms with Crippen molar-refractivity contribution in [3.8, 4) is 11.5 Å². The van der Waals surface area contributed by atoms with Gasteiger partial charge in [0.1, 0.15) is 11.5 Å². The molecule has 0 atom stereocenters. The van der Waals surface area contributed by atoms with Gasteiger partial charge < -0.3 is 20.1 Å². The van der Waals surface area contributed by atoms with Crippen LogP contribution in [0.2, 0.25) is 0 Å². The fourth-order valence-electron chi connectivity index (χ4n) is 2.94. The molecule has 0 bridgehead atoms. The number of carbonyl (C=O) groups is 2. The zero-order valence-corrected chi connectivity index (χ0v) is 18.8. The van der Waals surface area contributed by atoms with Crippen molar-refractivity contribution >= 4 is 23.2 Å². The molecule has 0 heterocycles. The van der Waals surface area contributed by atoms with Crippen LogP contribution in [0.1, 0.15) is 22.3 Å². The lowest BCUT2D eigenvalue weighted by molar-refractivity contribution is -0.118. The predicted octanol–water partition coefficient (Wildman–Crippen LogP) is 4.96. The topological polar surface area (TPSA) is 76.7 Å². The van der Waals surface area contributed by atoms with Crippen LogP contribution >= 0.6 is 0 Å². The predicted molar refractivity (Wildman–Crippen MR) is 127 cm³/mol. The van der Waals surface area contributed by atoms with Gasteiger partial charge in [-0.1, -0.05) is 12.1 Å². The second-order valence-electron chi connectivity index (χ2n) is 7.74. The van der Waals surface area contributed by atoms with E-state index in [1.54, 1.807) is 24.3 Å². The highest BCUT2D eigenvalue weighted by Crippen LogP contribution is 2.18. The van der Waals surface area contributed by atoms with Crippen molar-refractivity contribution in [3.05, 3.63) is 82.9 Å². The molecule has 2 amide bonds. The van der Waals surface area contributed by atoms with E-state index in [9.17, 15) is 9.59 Å². The Bertz CT molecular complexity index is 1020. The molecule has 0 saturated heterocycles. The number of hydrogen-bond acceptors (Lipinski definition) is 4. The van der Waals surface area contributed by atoms with Crippen LogP contribution in [0, 0.1) is 27.7 Å². The molecule has 3 aromatic carbocycles. The lowest BCUT2D eigenvalue weighted by Gasteiger charge is -2.11. The highest BCUT2D eigenvalue weighted by Gasteiger charge is 2.07. The van der Waals surface area contributed by atoms with Crippen molar-refractivity contribution < 1.29 is 19.1 Å². The second-order valence-corrected chi connectivity index (χ2v) is 7.74. The Balaban J connectivity index is 1.44. The van der Waals surface area contributed by atoms with Gasteiger partial charge in [0, 0.05) is 11.4 Å². The van der Waals surface area contributed by atoms with Crippen LogP contribution in [0.15, 0.2) is 60.7 Å². The lowest BCUT2D eigenvalue weighted by atomic mass is 10.1. The minimum Gasteiger partial charge on any atom is -0.484 e. The minimum absolute atomic E-state index is 0.0865.